The van der Waals surface area contributed by atoms with E-state index in [-0.39, 0.29) is 12.3 Å². The Labute approximate surface area is 197 Å². The van der Waals surface area contributed by atoms with E-state index in [9.17, 15) is 14.7 Å². The van der Waals surface area contributed by atoms with E-state index in [4.69, 9.17) is 23.2 Å². The van der Waals surface area contributed by atoms with E-state index in [0.29, 0.717) is 41.5 Å². The van der Waals surface area contributed by atoms with Crippen molar-refractivity contribution < 1.29 is 14.7 Å². The summed E-state index contributed by atoms with van der Waals surface area (Å²) in [5.41, 5.74) is 4.95. The zero-order valence-electron chi connectivity index (χ0n) is 18.0. The fourth-order valence-electron chi connectivity index (χ4n) is 3.62. The van der Waals surface area contributed by atoms with Gasteiger partial charge in [-0.25, -0.2) is 0 Å². The van der Waals surface area contributed by atoms with Gasteiger partial charge in [0.05, 0.1) is 28.7 Å². The summed E-state index contributed by atoms with van der Waals surface area (Å²) in [6.07, 6.45) is 1.36. The van der Waals surface area contributed by atoms with Crippen LogP contribution < -0.4 is 5.32 Å². The molecule has 0 atom stereocenters. The third kappa shape index (κ3) is 5.69. The van der Waals surface area contributed by atoms with Gasteiger partial charge in [0.25, 0.3) is 5.91 Å². The number of hydrogen-bond donors (Lipinski definition) is 2. The van der Waals surface area contributed by atoms with Gasteiger partial charge in [0.2, 0.25) is 0 Å². The Morgan fingerprint density at radius 3 is 2.28 bits per heavy atom. The van der Waals surface area contributed by atoms with Crippen LogP contribution in [0.3, 0.4) is 0 Å². The molecule has 6 nitrogen and oxygen atoms in total. The summed E-state index contributed by atoms with van der Waals surface area (Å²) in [6, 6.07) is 12.6. The van der Waals surface area contributed by atoms with Crippen LogP contribution in [0.2, 0.25) is 10.0 Å². The number of carbonyl (C=O) groups excluding carboxylic acids is 1. The lowest BCUT2D eigenvalue weighted by molar-refractivity contribution is -0.136. The Morgan fingerprint density at radius 2 is 1.69 bits per heavy atom. The Kier molecular flexibility index (Phi) is 7.94. The number of aromatic nitrogens is 2. The summed E-state index contributed by atoms with van der Waals surface area (Å²) < 4.78 is 1.87. The maximum Gasteiger partial charge on any atom is 0.307 e. The van der Waals surface area contributed by atoms with Crippen LogP contribution >= 0.6 is 23.2 Å². The van der Waals surface area contributed by atoms with Gasteiger partial charge in [-0.3, -0.25) is 14.3 Å². The highest BCUT2D eigenvalue weighted by Crippen LogP contribution is 2.22. The van der Waals surface area contributed by atoms with E-state index >= 15 is 0 Å². The first-order valence-corrected chi connectivity index (χ1v) is 11.2. The molecule has 2 N–H and O–H groups in total. The van der Waals surface area contributed by atoms with Gasteiger partial charge in [0.1, 0.15) is 0 Å². The van der Waals surface area contributed by atoms with E-state index in [1.807, 2.05) is 36.7 Å². The molecule has 0 radical (unpaired) electrons. The second-order valence-electron chi connectivity index (χ2n) is 7.44. The van der Waals surface area contributed by atoms with Crippen molar-refractivity contribution in [1.29, 1.82) is 0 Å². The van der Waals surface area contributed by atoms with Crippen LogP contribution in [-0.2, 0) is 37.1 Å². The highest BCUT2D eigenvalue weighted by Gasteiger charge is 2.18. The largest absolute Gasteiger partial charge is 0.481 e. The number of aryl methyl sites for hydroxylation is 1. The van der Waals surface area contributed by atoms with Crippen LogP contribution in [0.1, 0.15) is 52.3 Å². The van der Waals surface area contributed by atoms with Gasteiger partial charge in [-0.2, -0.15) is 5.10 Å². The monoisotopic (exact) mass is 473 g/mol. The van der Waals surface area contributed by atoms with Gasteiger partial charge >= 0.3 is 5.97 Å². The summed E-state index contributed by atoms with van der Waals surface area (Å²) in [6.45, 7) is 4.83. The molecule has 1 heterocycles. The molecule has 0 bridgehead atoms. The maximum atomic E-state index is 12.5. The fraction of sp³-hybridized carbons (Fsp3) is 0.292. The molecule has 0 unspecified atom stereocenters. The minimum atomic E-state index is -0.856. The van der Waals surface area contributed by atoms with Crippen LogP contribution in [0.25, 0.3) is 0 Å². The molecule has 1 amide bonds. The second-order valence-corrected chi connectivity index (χ2v) is 8.25. The van der Waals surface area contributed by atoms with Crippen molar-refractivity contribution in [2.45, 2.75) is 46.2 Å². The molecule has 3 aromatic rings. The van der Waals surface area contributed by atoms with Crippen molar-refractivity contribution in [3.8, 4) is 0 Å². The van der Waals surface area contributed by atoms with Crippen molar-refractivity contribution >= 4 is 35.1 Å². The Morgan fingerprint density at radius 1 is 1.00 bits per heavy atom. The zero-order chi connectivity index (χ0) is 23.3. The number of rotatable bonds is 9. The summed E-state index contributed by atoms with van der Waals surface area (Å²) in [4.78, 5) is 23.7. The van der Waals surface area contributed by atoms with Gasteiger partial charge in [0.15, 0.2) is 0 Å². The van der Waals surface area contributed by atoms with Crippen molar-refractivity contribution in [3.05, 3.63) is 86.2 Å². The summed E-state index contributed by atoms with van der Waals surface area (Å²) >= 11 is 11.9. The molecule has 0 saturated heterocycles. The number of nitrogens with one attached hydrogen (secondary N) is 1. The van der Waals surface area contributed by atoms with Crippen LogP contribution in [-0.4, -0.2) is 26.8 Å². The van der Waals surface area contributed by atoms with Crippen LogP contribution in [0, 0.1) is 0 Å². The summed E-state index contributed by atoms with van der Waals surface area (Å²) in [5, 5.41) is 17.7. The fourth-order valence-corrected chi connectivity index (χ4v) is 3.94. The predicted octanol–water partition coefficient (Wildman–Crippen LogP) is 4.92. The first-order valence-electron chi connectivity index (χ1n) is 10.4. The molecule has 0 aliphatic heterocycles. The van der Waals surface area contributed by atoms with Crippen molar-refractivity contribution in [2.24, 2.45) is 0 Å². The lowest BCUT2D eigenvalue weighted by atomic mass is 10.1. The third-order valence-electron chi connectivity index (χ3n) is 5.23. The quantitative estimate of drug-likeness (QED) is 0.461. The Hall–Kier alpha value is -2.83. The van der Waals surface area contributed by atoms with Crippen molar-refractivity contribution in [2.75, 3.05) is 0 Å². The van der Waals surface area contributed by atoms with E-state index in [2.05, 4.69) is 10.4 Å². The minimum Gasteiger partial charge on any atom is -0.481 e. The minimum absolute atomic E-state index is 0.0235. The van der Waals surface area contributed by atoms with E-state index < -0.39 is 5.97 Å². The topological polar surface area (TPSA) is 84.2 Å². The maximum absolute atomic E-state index is 12.5. The van der Waals surface area contributed by atoms with Gasteiger partial charge in [0, 0.05) is 23.4 Å². The lowest BCUT2D eigenvalue weighted by Crippen LogP contribution is -2.22. The van der Waals surface area contributed by atoms with Gasteiger partial charge in [-0.05, 0) is 48.2 Å². The molecule has 0 aliphatic carbocycles. The number of amides is 1. The van der Waals surface area contributed by atoms with Crippen molar-refractivity contribution in [3.63, 3.8) is 0 Å². The lowest BCUT2D eigenvalue weighted by Gasteiger charge is -2.09. The third-order valence-corrected chi connectivity index (χ3v) is 5.97. The molecule has 8 heteroatoms. The van der Waals surface area contributed by atoms with Crippen LogP contribution in [0.4, 0.5) is 0 Å². The highest BCUT2D eigenvalue weighted by molar-refractivity contribution is 6.42. The standard InChI is InChI=1S/C24H25Cl2N3O3/c1-3-21-18(12-23(30)31)22(4-2)29(28-21)14-15-5-8-17(9-6-15)24(32)27-13-16-7-10-19(25)20(26)11-16/h5-11H,3-4,12-14H2,1-2H3,(H,27,32)(H,30,31). The summed E-state index contributed by atoms with van der Waals surface area (Å²) in [5.74, 6) is -1.04. The highest BCUT2D eigenvalue weighted by atomic mass is 35.5. The average molecular weight is 474 g/mol. The summed E-state index contributed by atoms with van der Waals surface area (Å²) in [7, 11) is 0. The molecule has 1 aromatic heterocycles. The molecule has 0 fully saturated rings. The number of carboxylic acids is 1. The molecule has 0 spiro atoms. The van der Waals surface area contributed by atoms with Gasteiger partial charge in [-0.1, -0.05) is 55.2 Å². The second kappa shape index (κ2) is 10.7. The van der Waals surface area contributed by atoms with Gasteiger partial charge < -0.3 is 10.4 Å². The van der Waals surface area contributed by atoms with E-state index in [0.717, 1.165) is 28.1 Å². The molecule has 168 valence electrons. The average Bonchev–Trinajstić information content (AvgIpc) is 3.10. The van der Waals surface area contributed by atoms with Crippen molar-refractivity contribution in [1.82, 2.24) is 15.1 Å². The first kappa shape index (κ1) is 23.8. The van der Waals surface area contributed by atoms with Gasteiger partial charge in [-0.15, -0.1) is 0 Å². The number of carboxylic acid groups (broad SMARTS) is 1. The zero-order valence-corrected chi connectivity index (χ0v) is 19.5. The number of halogens is 2. The molecule has 2 aromatic carbocycles. The van der Waals surface area contributed by atoms with Crippen LogP contribution in [0.5, 0.6) is 0 Å². The number of nitrogens with zero attached hydrogens (tertiary/aromatic N) is 2. The SMILES string of the molecule is CCc1nn(Cc2ccc(C(=O)NCc3ccc(Cl)c(Cl)c3)cc2)c(CC)c1CC(=O)O. The number of carbonyl (C=O) groups is 2. The molecule has 0 saturated carbocycles. The predicted molar refractivity (Wildman–Crippen MR) is 125 cm³/mol. The Balaban J connectivity index is 1.69. The number of benzene rings is 2. The molecule has 3 rings (SSSR count). The molecular formula is C24H25Cl2N3O3. The Bertz CT molecular complexity index is 1120. The van der Waals surface area contributed by atoms with E-state index in [1.165, 1.54) is 0 Å². The van der Waals surface area contributed by atoms with E-state index in [1.54, 1.807) is 24.3 Å². The number of aliphatic carboxylic acids is 1. The molecule has 0 aliphatic rings. The normalized spacial score (nSPS) is 10.9. The molecule has 32 heavy (non-hydrogen) atoms. The number of hydrogen-bond acceptors (Lipinski definition) is 3. The van der Waals surface area contributed by atoms with Crippen LogP contribution in [0.15, 0.2) is 42.5 Å². The molecular weight excluding hydrogens is 449 g/mol. The first-order chi connectivity index (χ1) is 15.3. The smallest absolute Gasteiger partial charge is 0.307 e.